The number of aryl methyl sites for hydroxylation is 1. The Kier molecular flexibility index (Phi) is 5.32. The molecule has 2 rings (SSSR count). The molecule has 0 saturated carbocycles. The molecule has 0 bridgehead atoms. The Morgan fingerprint density at radius 3 is 2.68 bits per heavy atom. The first-order valence-electron chi connectivity index (χ1n) is 7.34. The quantitative estimate of drug-likeness (QED) is 0.852. The molecule has 1 N–H and O–H groups in total. The maximum atomic E-state index is 4.67. The van der Waals surface area contributed by atoms with E-state index in [0.717, 1.165) is 24.1 Å². The Bertz CT molecular complexity index is 438. The van der Waals surface area contributed by atoms with Crippen LogP contribution in [0.1, 0.15) is 39.2 Å². The monoisotopic (exact) mass is 276 g/mol. The van der Waals surface area contributed by atoms with Crippen LogP contribution in [0.25, 0.3) is 0 Å². The maximum absolute atomic E-state index is 4.67. The van der Waals surface area contributed by atoms with Gasteiger partial charge in [-0.3, -0.25) is 4.99 Å². The largest absolute Gasteiger partial charge is 0.335 e. The minimum atomic E-state index is 0.659. The van der Waals surface area contributed by atoms with Crippen LogP contribution in [0.5, 0.6) is 0 Å². The molecule has 0 aliphatic carbocycles. The van der Waals surface area contributed by atoms with Crippen molar-refractivity contribution in [1.29, 1.82) is 0 Å². The van der Waals surface area contributed by atoms with Crippen LogP contribution in [-0.4, -0.2) is 17.0 Å². The van der Waals surface area contributed by atoms with Crippen LogP contribution in [0.15, 0.2) is 29.3 Å². The Morgan fingerprint density at radius 1 is 1.26 bits per heavy atom. The smallest absolute Gasteiger partial charge is 0.161 e. The van der Waals surface area contributed by atoms with Gasteiger partial charge in [-0.1, -0.05) is 63.6 Å². The summed E-state index contributed by atoms with van der Waals surface area (Å²) in [6.45, 7) is 7.73. The van der Waals surface area contributed by atoms with Gasteiger partial charge in [-0.25, -0.2) is 0 Å². The van der Waals surface area contributed by atoms with Crippen molar-refractivity contribution in [1.82, 2.24) is 0 Å². The first-order chi connectivity index (χ1) is 9.28. The van der Waals surface area contributed by atoms with E-state index in [-0.39, 0.29) is 0 Å². The molecule has 0 fully saturated rings. The number of thioether (sulfide) groups is 1. The topological polar surface area (TPSA) is 24.4 Å². The lowest BCUT2D eigenvalue weighted by Crippen LogP contribution is -2.17. The molecule has 19 heavy (non-hydrogen) atoms. The molecule has 1 unspecified atom stereocenters. The number of nitrogens with zero attached hydrogens (tertiary/aromatic N) is 1. The summed E-state index contributed by atoms with van der Waals surface area (Å²) in [4.78, 5) is 4.67. The number of aliphatic imine (C=N–C) groups is 1. The van der Waals surface area contributed by atoms with Gasteiger partial charge in [0.1, 0.15) is 0 Å². The third-order valence-corrected chi connectivity index (χ3v) is 5.18. The predicted molar refractivity (Wildman–Crippen MR) is 87.2 cm³/mol. The SMILES string of the molecule is CCc1ccccc1NC1=NCC(C(CC)CC)S1. The molecule has 104 valence electrons. The van der Waals surface area contributed by atoms with E-state index in [1.54, 1.807) is 0 Å². The number of anilines is 1. The van der Waals surface area contributed by atoms with Crippen molar-refractivity contribution in [2.45, 2.75) is 45.3 Å². The summed E-state index contributed by atoms with van der Waals surface area (Å²) in [7, 11) is 0. The van der Waals surface area contributed by atoms with E-state index in [4.69, 9.17) is 0 Å². The van der Waals surface area contributed by atoms with E-state index in [0.29, 0.717) is 5.25 Å². The molecule has 1 heterocycles. The fourth-order valence-electron chi connectivity index (χ4n) is 2.59. The van der Waals surface area contributed by atoms with E-state index in [9.17, 15) is 0 Å². The Hall–Kier alpha value is -0.960. The molecule has 1 atom stereocenters. The summed E-state index contributed by atoms with van der Waals surface area (Å²) in [5.41, 5.74) is 2.57. The zero-order chi connectivity index (χ0) is 13.7. The summed E-state index contributed by atoms with van der Waals surface area (Å²) in [5.74, 6) is 0.787. The van der Waals surface area contributed by atoms with Gasteiger partial charge in [0, 0.05) is 10.9 Å². The second-order valence-electron chi connectivity index (χ2n) is 5.01. The second-order valence-corrected chi connectivity index (χ2v) is 6.24. The number of amidine groups is 1. The zero-order valence-corrected chi connectivity index (χ0v) is 13.0. The van der Waals surface area contributed by atoms with Crippen molar-refractivity contribution in [3.05, 3.63) is 29.8 Å². The van der Waals surface area contributed by atoms with Crippen LogP contribution in [0.2, 0.25) is 0 Å². The van der Waals surface area contributed by atoms with Crippen molar-refractivity contribution in [3.8, 4) is 0 Å². The van der Waals surface area contributed by atoms with Crippen molar-refractivity contribution in [3.63, 3.8) is 0 Å². The summed E-state index contributed by atoms with van der Waals surface area (Å²) in [6, 6.07) is 8.51. The molecule has 0 saturated heterocycles. The lowest BCUT2D eigenvalue weighted by molar-refractivity contribution is 0.479. The highest BCUT2D eigenvalue weighted by molar-refractivity contribution is 8.15. The van der Waals surface area contributed by atoms with E-state index < -0.39 is 0 Å². The zero-order valence-electron chi connectivity index (χ0n) is 12.1. The highest BCUT2D eigenvalue weighted by atomic mass is 32.2. The molecule has 0 spiro atoms. The molecule has 1 aliphatic heterocycles. The van der Waals surface area contributed by atoms with Gasteiger partial charge >= 0.3 is 0 Å². The van der Waals surface area contributed by atoms with Gasteiger partial charge in [0.05, 0.1) is 6.54 Å². The van der Waals surface area contributed by atoms with Crippen LogP contribution >= 0.6 is 11.8 Å². The van der Waals surface area contributed by atoms with Crippen molar-refractivity contribution in [2.24, 2.45) is 10.9 Å². The third kappa shape index (κ3) is 3.53. The molecule has 1 aromatic carbocycles. The van der Waals surface area contributed by atoms with Gasteiger partial charge in [-0.15, -0.1) is 0 Å². The molecular weight excluding hydrogens is 252 g/mol. The van der Waals surface area contributed by atoms with E-state index in [1.165, 1.54) is 24.1 Å². The average molecular weight is 276 g/mol. The summed E-state index contributed by atoms with van der Waals surface area (Å²) in [6.07, 6.45) is 3.56. The fraction of sp³-hybridized carbons (Fsp3) is 0.562. The molecule has 0 aromatic heterocycles. The highest BCUT2D eigenvalue weighted by Gasteiger charge is 2.26. The van der Waals surface area contributed by atoms with Crippen molar-refractivity contribution in [2.75, 3.05) is 11.9 Å². The van der Waals surface area contributed by atoms with Crippen LogP contribution in [0, 0.1) is 5.92 Å². The maximum Gasteiger partial charge on any atom is 0.161 e. The molecule has 1 aliphatic rings. The Morgan fingerprint density at radius 2 is 2.00 bits per heavy atom. The number of nitrogens with one attached hydrogen (secondary N) is 1. The van der Waals surface area contributed by atoms with Crippen molar-refractivity contribution < 1.29 is 0 Å². The first kappa shape index (κ1) is 14.4. The summed E-state index contributed by atoms with van der Waals surface area (Å²) < 4.78 is 0. The van der Waals surface area contributed by atoms with Gasteiger partial charge in [-0.05, 0) is 24.0 Å². The number of rotatable bonds is 5. The van der Waals surface area contributed by atoms with Gasteiger partial charge < -0.3 is 5.32 Å². The van der Waals surface area contributed by atoms with E-state index in [1.807, 2.05) is 11.8 Å². The van der Waals surface area contributed by atoms with Gasteiger partial charge in [-0.2, -0.15) is 0 Å². The molecule has 0 amide bonds. The molecule has 3 heteroatoms. The van der Waals surface area contributed by atoms with Gasteiger partial charge in [0.25, 0.3) is 0 Å². The van der Waals surface area contributed by atoms with Crippen molar-refractivity contribution >= 4 is 22.6 Å². The van der Waals surface area contributed by atoms with E-state index in [2.05, 4.69) is 55.3 Å². The fourth-order valence-corrected chi connectivity index (χ4v) is 3.92. The first-order valence-corrected chi connectivity index (χ1v) is 8.22. The third-order valence-electron chi connectivity index (χ3n) is 3.89. The van der Waals surface area contributed by atoms with Crippen LogP contribution in [-0.2, 0) is 6.42 Å². The Labute approximate surface area is 121 Å². The van der Waals surface area contributed by atoms with Crippen LogP contribution in [0.4, 0.5) is 5.69 Å². The summed E-state index contributed by atoms with van der Waals surface area (Å²) >= 11 is 1.92. The number of para-hydroxylation sites is 1. The molecular formula is C16H24N2S. The second kappa shape index (κ2) is 6.99. The van der Waals surface area contributed by atoms with Gasteiger partial charge in [0.15, 0.2) is 5.17 Å². The normalized spacial score (nSPS) is 18.7. The lowest BCUT2D eigenvalue weighted by Gasteiger charge is -2.18. The minimum Gasteiger partial charge on any atom is -0.335 e. The molecule has 1 aromatic rings. The lowest BCUT2D eigenvalue weighted by atomic mass is 9.99. The minimum absolute atomic E-state index is 0.659. The predicted octanol–water partition coefficient (Wildman–Crippen LogP) is 4.57. The van der Waals surface area contributed by atoms with E-state index >= 15 is 0 Å². The van der Waals surface area contributed by atoms with Gasteiger partial charge in [0.2, 0.25) is 0 Å². The number of benzene rings is 1. The summed E-state index contributed by atoms with van der Waals surface area (Å²) in [5, 5.41) is 5.26. The number of hydrogen-bond acceptors (Lipinski definition) is 3. The average Bonchev–Trinajstić information content (AvgIpc) is 2.89. The molecule has 0 radical (unpaired) electrons. The Balaban J connectivity index is 1.98. The molecule has 2 nitrogen and oxygen atoms in total. The standard InChI is InChI=1S/C16H24N2S/c1-4-12(5-2)15-11-17-16(19-15)18-14-10-8-7-9-13(14)6-3/h7-10,12,15H,4-6,11H2,1-3H3,(H,17,18). The highest BCUT2D eigenvalue weighted by Crippen LogP contribution is 2.32. The van der Waals surface area contributed by atoms with Crippen LogP contribution < -0.4 is 5.32 Å². The van der Waals surface area contributed by atoms with Crippen LogP contribution in [0.3, 0.4) is 0 Å². The number of hydrogen-bond donors (Lipinski definition) is 1.